The van der Waals surface area contributed by atoms with E-state index in [4.69, 9.17) is 0 Å². The highest BCUT2D eigenvalue weighted by Gasteiger charge is 2.33. The van der Waals surface area contributed by atoms with Crippen LogP contribution in [0.5, 0.6) is 0 Å². The van der Waals surface area contributed by atoms with Gasteiger partial charge in [-0.3, -0.25) is 9.78 Å². The predicted octanol–water partition coefficient (Wildman–Crippen LogP) is 2.95. The molecule has 0 aromatic carbocycles. The zero-order valence-corrected chi connectivity index (χ0v) is 12.9. The number of ketones is 1. The molecule has 1 heterocycles. The molecule has 0 amide bonds. The van der Waals surface area contributed by atoms with Crippen molar-refractivity contribution in [3.63, 3.8) is 0 Å². The van der Waals surface area contributed by atoms with Gasteiger partial charge in [0, 0.05) is 43.7 Å². The Morgan fingerprint density at radius 3 is 2.90 bits per heavy atom. The fraction of sp³-hybridized carbons (Fsp3) is 0.647. The van der Waals surface area contributed by atoms with Crippen molar-refractivity contribution in [3.05, 3.63) is 30.1 Å². The number of likely N-dealkylation sites (N-methyl/N-ethyl adjacent to an activating group) is 1. The first kappa shape index (κ1) is 15.2. The molecule has 3 nitrogen and oxygen atoms in total. The van der Waals surface area contributed by atoms with Gasteiger partial charge in [-0.2, -0.15) is 0 Å². The largest absolute Gasteiger partial charge is 0.305 e. The Hall–Kier alpha value is -1.22. The zero-order valence-electron chi connectivity index (χ0n) is 12.9. The molecule has 0 bridgehead atoms. The number of carbonyl (C=O) groups excluding carboxylic acids is 1. The van der Waals surface area contributed by atoms with Gasteiger partial charge < -0.3 is 4.90 Å². The highest BCUT2D eigenvalue weighted by molar-refractivity contribution is 5.82. The van der Waals surface area contributed by atoms with Crippen molar-refractivity contribution >= 4 is 5.78 Å². The lowest BCUT2D eigenvalue weighted by atomic mass is 9.71. The lowest BCUT2D eigenvalue weighted by Crippen LogP contribution is -2.38. The summed E-state index contributed by atoms with van der Waals surface area (Å²) < 4.78 is 0. The van der Waals surface area contributed by atoms with Crippen molar-refractivity contribution in [1.29, 1.82) is 0 Å². The van der Waals surface area contributed by atoms with Gasteiger partial charge in [-0.15, -0.1) is 0 Å². The quantitative estimate of drug-likeness (QED) is 0.827. The standard InChI is InChI=1S/C17H26N2O/c1-17(2)9-7-16(20)14(12-17)13-19(3)11-8-15-6-4-5-10-18-15/h4-6,10,14H,7-9,11-13H2,1-3H3. The Morgan fingerprint density at radius 1 is 1.40 bits per heavy atom. The number of rotatable bonds is 5. The molecule has 1 aliphatic rings. The lowest BCUT2D eigenvalue weighted by Gasteiger charge is -2.36. The fourth-order valence-electron chi connectivity index (χ4n) is 3.03. The first-order valence-corrected chi connectivity index (χ1v) is 7.57. The summed E-state index contributed by atoms with van der Waals surface area (Å²) in [5.74, 6) is 0.668. The molecule has 1 fully saturated rings. The maximum Gasteiger partial charge on any atom is 0.137 e. The molecule has 2 rings (SSSR count). The second-order valence-corrected chi connectivity index (χ2v) is 6.86. The van der Waals surface area contributed by atoms with E-state index in [9.17, 15) is 4.79 Å². The number of aromatic nitrogens is 1. The molecular formula is C17H26N2O. The topological polar surface area (TPSA) is 33.2 Å². The predicted molar refractivity (Wildman–Crippen MR) is 81.6 cm³/mol. The normalized spacial score (nSPS) is 22.2. The van der Waals surface area contributed by atoms with Crippen LogP contribution in [0.25, 0.3) is 0 Å². The molecule has 1 aromatic rings. The van der Waals surface area contributed by atoms with Crippen LogP contribution in [0.1, 0.15) is 38.8 Å². The summed E-state index contributed by atoms with van der Waals surface area (Å²) in [7, 11) is 2.11. The maximum atomic E-state index is 12.1. The number of nitrogens with zero attached hydrogens (tertiary/aromatic N) is 2. The summed E-state index contributed by atoms with van der Waals surface area (Å²) in [5.41, 5.74) is 1.44. The molecule has 1 atom stereocenters. The van der Waals surface area contributed by atoms with Gasteiger partial charge in [0.15, 0.2) is 0 Å². The Labute approximate surface area is 122 Å². The van der Waals surface area contributed by atoms with Crippen LogP contribution in [0.2, 0.25) is 0 Å². The molecule has 110 valence electrons. The van der Waals surface area contributed by atoms with Gasteiger partial charge >= 0.3 is 0 Å². The Bertz CT molecular complexity index is 442. The molecule has 0 aliphatic heterocycles. The van der Waals surface area contributed by atoms with E-state index in [0.717, 1.165) is 44.5 Å². The third-order valence-corrected chi connectivity index (χ3v) is 4.31. The Kier molecular flexibility index (Phi) is 4.92. The minimum Gasteiger partial charge on any atom is -0.305 e. The fourth-order valence-corrected chi connectivity index (χ4v) is 3.03. The van der Waals surface area contributed by atoms with Crippen LogP contribution in [-0.2, 0) is 11.2 Å². The molecule has 0 saturated heterocycles. The van der Waals surface area contributed by atoms with Gasteiger partial charge in [0.2, 0.25) is 0 Å². The van der Waals surface area contributed by atoms with Crippen LogP contribution in [0.4, 0.5) is 0 Å². The van der Waals surface area contributed by atoms with Gasteiger partial charge in [-0.25, -0.2) is 0 Å². The molecule has 1 aliphatic carbocycles. The van der Waals surface area contributed by atoms with E-state index in [1.54, 1.807) is 0 Å². The lowest BCUT2D eigenvalue weighted by molar-refractivity contribution is -0.127. The monoisotopic (exact) mass is 274 g/mol. The third-order valence-electron chi connectivity index (χ3n) is 4.31. The summed E-state index contributed by atoms with van der Waals surface area (Å²) in [5, 5.41) is 0. The number of pyridine rings is 1. The molecule has 1 aromatic heterocycles. The van der Waals surface area contributed by atoms with E-state index in [-0.39, 0.29) is 5.92 Å². The number of hydrogen-bond acceptors (Lipinski definition) is 3. The zero-order chi connectivity index (χ0) is 14.6. The van der Waals surface area contributed by atoms with Crippen molar-refractivity contribution in [1.82, 2.24) is 9.88 Å². The highest BCUT2D eigenvalue weighted by atomic mass is 16.1. The summed E-state index contributed by atoms with van der Waals surface area (Å²) in [6.45, 7) is 6.40. The van der Waals surface area contributed by atoms with E-state index in [1.165, 1.54) is 0 Å². The molecule has 3 heteroatoms. The van der Waals surface area contributed by atoms with E-state index in [2.05, 4.69) is 36.8 Å². The van der Waals surface area contributed by atoms with Crippen LogP contribution in [0.3, 0.4) is 0 Å². The van der Waals surface area contributed by atoms with Crippen molar-refractivity contribution in [3.8, 4) is 0 Å². The number of carbonyl (C=O) groups is 1. The molecule has 1 saturated carbocycles. The summed E-state index contributed by atoms with van der Waals surface area (Å²) in [4.78, 5) is 18.7. The Morgan fingerprint density at radius 2 is 2.20 bits per heavy atom. The highest BCUT2D eigenvalue weighted by Crippen LogP contribution is 2.36. The third kappa shape index (κ3) is 4.41. The SMILES string of the molecule is CN(CCc1ccccn1)CC1CC(C)(C)CCC1=O. The van der Waals surface area contributed by atoms with E-state index >= 15 is 0 Å². The minimum atomic E-state index is 0.215. The average molecular weight is 274 g/mol. The van der Waals surface area contributed by atoms with Crippen LogP contribution < -0.4 is 0 Å². The second-order valence-electron chi connectivity index (χ2n) is 6.86. The van der Waals surface area contributed by atoms with Crippen molar-refractivity contribution < 1.29 is 4.79 Å². The molecule has 0 radical (unpaired) electrons. The van der Waals surface area contributed by atoms with E-state index in [1.807, 2.05) is 18.3 Å². The Balaban J connectivity index is 1.81. The molecule has 0 N–H and O–H groups in total. The van der Waals surface area contributed by atoms with Gasteiger partial charge in [0.25, 0.3) is 0 Å². The molecular weight excluding hydrogens is 248 g/mol. The minimum absolute atomic E-state index is 0.215. The van der Waals surface area contributed by atoms with Crippen molar-refractivity contribution in [2.24, 2.45) is 11.3 Å². The second kappa shape index (κ2) is 6.49. The molecule has 1 unspecified atom stereocenters. The van der Waals surface area contributed by atoms with Crippen molar-refractivity contribution in [2.45, 2.75) is 39.5 Å². The maximum absolute atomic E-state index is 12.1. The summed E-state index contributed by atoms with van der Waals surface area (Å²) >= 11 is 0. The van der Waals surface area contributed by atoms with Crippen LogP contribution in [0.15, 0.2) is 24.4 Å². The average Bonchev–Trinajstić information content (AvgIpc) is 2.42. The van der Waals surface area contributed by atoms with Gasteiger partial charge in [0.05, 0.1) is 0 Å². The summed E-state index contributed by atoms with van der Waals surface area (Å²) in [6, 6.07) is 6.02. The van der Waals surface area contributed by atoms with Gasteiger partial charge in [0.1, 0.15) is 5.78 Å². The van der Waals surface area contributed by atoms with E-state index in [0.29, 0.717) is 11.2 Å². The van der Waals surface area contributed by atoms with Gasteiger partial charge in [-0.1, -0.05) is 19.9 Å². The van der Waals surface area contributed by atoms with Crippen LogP contribution in [-0.4, -0.2) is 35.8 Å². The molecule has 0 spiro atoms. The smallest absolute Gasteiger partial charge is 0.137 e. The first-order chi connectivity index (χ1) is 9.46. The first-order valence-electron chi connectivity index (χ1n) is 7.57. The van der Waals surface area contributed by atoms with Crippen LogP contribution in [0, 0.1) is 11.3 Å². The molecule has 20 heavy (non-hydrogen) atoms. The van der Waals surface area contributed by atoms with E-state index < -0.39 is 0 Å². The van der Waals surface area contributed by atoms with Crippen LogP contribution >= 0.6 is 0 Å². The number of Topliss-reactive ketones (excluding diaryl/α,β-unsaturated/α-hetero) is 1. The van der Waals surface area contributed by atoms with Crippen molar-refractivity contribution in [2.75, 3.05) is 20.1 Å². The van der Waals surface area contributed by atoms with Gasteiger partial charge in [-0.05, 0) is 37.4 Å². The summed E-state index contributed by atoms with van der Waals surface area (Å²) in [6.07, 6.45) is 5.61. The number of hydrogen-bond donors (Lipinski definition) is 0.